The molecule has 0 spiro atoms. The van der Waals surface area contributed by atoms with Crippen LogP contribution in [-0.4, -0.2) is 41.6 Å². The number of methoxy groups -OCH3 is 1. The van der Waals surface area contributed by atoms with Crippen LogP contribution in [0.15, 0.2) is 34.4 Å². The molecule has 0 radical (unpaired) electrons. The summed E-state index contributed by atoms with van der Waals surface area (Å²) in [5, 5.41) is 12.4. The maximum absolute atomic E-state index is 12.6. The molecule has 2 aromatic rings. The Balaban J connectivity index is 1.81. The third-order valence-corrected chi connectivity index (χ3v) is 4.27. The molecule has 3 amide bonds. The van der Waals surface area contributed by atoms with Crippen molar-refractivity contribution >= 4 is 35.6 Å². The average Bonchev–Trinajstić information content (AvgIpc) is 3.26. The van der Waals surface area contributed by atoms with E-state index in [9.17, 15) is 19.5 Å². The fourth-order valence-corrected chi connectivity index (χ4v) is 2.87. The fraction of sp³-hybridized carbons (Fsp3) is 0.211. The number of ether oxygens (including phenoxy) is 2. The summed E-state index contributed by atoms with van der Waals surface area (Å²) in [6.45, 7) is 1.89. The van der Waals surface area contributed by atoms with Gasteiger partial charge in [0.2, 0.25) is 5.76 Å². The fourth-order valence-electron chi connectivity index (χ4n) is 2.65. The molecule has 1 aliphatic rings. The Morgan fingerprint density at radius 3 is 2.79 bits per heavy atom. The lowest BCUT2D eigenvalue weighted by Gasteiger charge is -2.09. The smallest absolute Gasteiger partial charge is 0.373 e. The first-order valence-electron chi connectivity index (χ1n) is 8.51. The molecular weight excluding hydrogens is 404 g/mol. The lowest BCUT2D eigenvalue weighted by Crippen LogP contribution is -2.30. The summed E-state index contributed by atoms with van der Waals surface area (Å²) in [6, 6.07) is 5.15. The van der Waals surface area contributed by atoms with Crippen LogP contribution in [0.1, 0.15) is 28.8 Å². The van der Waals surface area contributed by atoms with Crippen LogP contribution in [0.4, 0.5) is 4.79 Å². The monoisotopic (exact) mass is 420 g/mol. The summed E-state index contributed by atoms with van der Waals surface area (Å²) in [4.78, 5) is 37.2. The molecule has 3 rings (SSSR count). The predicted octanol–water partition coefficient (Wildman–Crippen LogP) is 2.92. The molecular formula is C19H17ClN2O7. The summed E-state index contributed by atoms with van der Waals surface area (Å²) >= 11 is 5.99. The van der Waals surface area contributed by atoms with Crippen molar-refractivity contribution in [2.45, 2.75) is 13.5 Å². The van der Waals surface area contributed by atoms with Crippen molar-refractivity contribution in [3.63, 3.8) is 0 Å². The highest BCUT2D eigenvalue weighted by Gasteiger charge is 2.34. The highest BCUT2D eigenvalue weighted by atomic mass is 35.5. The number of benzene rings is 1. The maximum atomic E-state index is 12.6. The summed E-state index contributed by atoms with van der Waals surface area (Å²) in [5.74, 6) is -1.10. The third-order valence-electron chi connectivity index (χ3n) is 3.99. The van der Waals surface area contributed by atoms with Gasteiger partial charge >= 0.3 is 12.0 Å². The zero-order valence-corrected chi connectivity index (χ0v) is 16.3. The van der Waals surface area contributed by atoms with E-state index in [-0.39, 0.29) is 40.3 Å². The predicted molar refractivity (Wildman–Crippen MR) is 101 cm³/mol. The van der Waals surface area contributed by atoms with Crippen molar-refractivity contribution in [1.82, 2.24) is 10.2 Å². The van der Waals surface area contributed by atoms with E-state index in [1.54, 1.807) is 6.92 Å². The van der Waals surface area contributed by atoms with Crippen molar-refractivity contribution in [2.75, 3.05) is 13.7 Å². The molecule has 1 saturated heterocycles. The maximum Gasteiger partial charge on any atom is 0.373 e. The van der Waals surface area contributed by atoms with Crippen LogP contribution in [0.25, 0.3) is 6.08 Å². The molecule has 10 heteroatoms. The number of aromatic hydroxyl groups is 1. The standard InChI is InChI=1S/C19H17ClN2O7/c1-3-28-15-8-10(6-12(20)16(15)23)7-13-17(24)22(19(26)21-13)9-11-4-5-14(29-11)18(25)27-2/h4-8,23H,3,9H2,1-2H3,(H,21,26)/b13-7-. The number of halogens is 1. The molecule has 1 aliphatic heterocycles. The van der Waals surface area contributed by atoms with Gasteiger partial charge in [-0.05, 0) is 42.8 Å². The van der Waals surface area contributed by atoms with Crippen molar-refractivity contribution in [1.29, 1.82) is 0 Å². The number of rotatable bonds is 6. The van der Waals surface area contributed by atoms with E-state index in [0.717, 1.165) is 4.90 Å². The van der Waals surface area contributed by atoms with Gasteiger partial charge < -0.3 is 24.3 Å². The quantitative estimate of drug-likeness (QED) is 0.419. The number of phenols is 1. The van der Waals surface area contributed by atoms with Crippen LogP contribution in [0.2, 0.25) is 5.02 Å². The Labute approximate surface area is 170 Å². The Kier molecular flexibility index (Phi) is 5.79. The van der Waals surface area contributed by atoms with E-state index in [0.29, 0.717) is 12.2 Å². The van der Waals surface area contributed by atoms with Crippen molar-refractivity contribution in [2.24, 2.45) is 0 Å². The number of nitrogens with zero attached hydrogens (tertiary/aromatic N) is 1. The van der Waals surface area contributed by atoms with Crippen LogP contribution in [0.5, 0.6) is 11.5 Å². The Hall–Kier alpha value is -3.46. The van der Waals surface area contributed by atoms with Gasteiger partial charge in [0.25, 0.3) is 5.91 Å². The number of nitrogens with one attached hydrogen (secondary N) is 1. The second-order valence-electron chi connectivity index (χ2n) is 5.92. The zero-order chi connectivity index (χ0) is 21.1. The van der Waals surface area contributed by atoms with Gasteiger partial charge in [0.15, 0.2) is 11.5 Å². The van der Waals surface area contributed by atoms with E-state index in [2.05, 4.69) is 10.1 Å². The number of urea groups is 1. The Bertz CT molecular complexity index is 1010. The normalized spacial score (nSPS) is 15.0. The topological polar surface area (TPSA) is 118 Å². The number of phenolic OH excluding ortho intramolecular Hbond substituents is 1. The molecule has 0 unspecified atom stereocenters. The summed E-state index contributed by atoms with van der Waals surface area (Å²) in [7, 11) is 1.21. The van der Waals surface area contributed by atoms with E-state index < -0.39 is 17.9 Å². The number of hydrogen-bond acceptors (Lipinski definition) is 7. The van der Waals surface area contributed by atoms with Gasteiger partial charge in [0, 0.05) is 0 Å². The minimum atomic E-state index is -0.664. The first kappa shape index (κ1) is 20.3. The second-order valence-corrected chi connectivity index (χ2v) is 6.33. The van der Waals surface area contributed by atoms with Gasteiger partial charge in [-0.1, -0.05) is 11.6 Å². The van der Waals surface area contributed by atoms with Gasteiger partial charge in [0.1, 0.15) is 11.5 Å². The van der Waals surface area contributed by atoms with Gasteiger partial charge in [-0.25, -0.2) is 9.59 Å². The number of amides is 3. The molecule has 0 aliphatic carbocycles. The molecule has 29 heavy (non-hydrogen) atoms. The van der Waals surface area contributed by atoms with Gasteiger partial charge in [-0.2, -0.15) is 0 Å². The average molecular weight is 421 g/mol. The van der Waals surface area contributed by atoms with Crippen LogP contribution >= 0.6 is 11.6 Å². The summed E-state index contributed by atoms with van der Waals surface area (Å²) < 4.78 is 15.1. The highest BCUT2D eigenvalue weighted by Crippen LogP contribution is 2.36. The van der Waals surface area contributed by atoms with Crippen LogP contribution in [0, 0.1) is 0 Å². The van der Waals surface area contributed by atoms with E-state index >= 15 is 0 Å². The Morgan fingerprint density at radius 1 is 1.34 bits per heavy atom. The lowest BCUT2D eigenvalue weighted by molar-refractivity contribution is -0.123. The molecule has 1 aromatic heterocycles. The molecule has 0 bridgehead atoms. The number of hydrogen-bond donors (Lipinski definition) is 2. The number of imide groups is 1. The molecule has 0 saturated carbocycles. The van der Waals surface area contributed by atoms with Crippen LogP contribution in [0.3, 0.4) is 0 Å². The van der Waals surface area contributed by atoms with Crippen molar-refractivity contribution < 1.29 is 33.4 Å². The van der Waals surface area contributed by atoms with E-state index in [1.165, 1.54) is 37.5 Å². The third kappa shape index (κ3) is 4.19. The summed E-state index contributed by atoms with van der Waals surface area (Å²) in [5.41, 5.74) is 0.465. The molecule has 1 aromatic carbocycles. The molecule has 9 nitrogen and oxygen atoms in total. The number of esters is 1. The largest absolute Gasteiger partial charge is 0.503 e. The molecule has 152 valence electrons. The zero-order valence-electron chi connectivity index (χ0n) is 15.5. The molecule has 2 N–H and O–H groups in total. The van der Waals surface area contributed by atoms with Gasteiger partial charge in [0.05, 0.1) is 25.3 Å². The van der Waals surface area contributed by atoms with E-state index in [1.807, 2.05) is 0 Å². The Morgan fingerprint density at radius 2 is 2.10 bits per heavy atom. The van der Waals surface area contributed by atoms with Crippen molar-refractivity contribution in [3.8, 4) is 11.5 Å². The SMILES string of the molecule is CCOc1cc(/C=C2\NC(=O)N(Cc3ccc(C(=O)OC)o3)C2=O)cc(Cl)c1O. The molecule has 2 heterocycles. The van der Waals surface area contributed by atoms with E-state index in [4.69, 9.17) is 20.8 Å². The van der Waals surface area contributed by atoms with Gasteiger partial charge in [-0.15, -0.1) is 0 Å². The minimum absolute atomic E-state index is 0.0129. The van der Waals surface area contributed by atoms with Gasteiger partial charge in [-0.3, -0.25) is 9.69 Å². The lowest BCUT2D eigenvalue weighted by atomic mass is 10.1. The van der Waals surface area contributed by atoms with Crippen LogP contribution < -0.4 is 10.1 Å². The number of carbonyl (C=O) groups excluding carboxylic acids is 3. The first-order chi connectivity index (χ1) is 13.8. The molecule has 0 atom stereocenters. The molecule has 1 fully saturated rings. The number of furan rings is 1. The highest BCUT2D eigenvalue weighted by molar-refractivity contribution is 6.32. The number of carbonyl (C=O) groups is 3. The summed E-state index contributed by atoms with van der Waals surface area (Å²) in [6.07, 6.45) is 1.41. The second kappa shape index (κ2) is 8.27. The minimum Gasteiger partial charge on any atom is -0.503 e. The first-order valence-corrected chi connectivity index (χ1v) is 8.88. The van der Waals surface area contributed by atoms with Crippen molar-refractivity contribution in [3.05, 3.63) is 52.1 Å². The van der Waals surface area contributed by atoms with Crippen LogP contribution in [-0.2, 0) is 16.1 Å².